The van der Waals surface area contributed by atoms with Crippen LogP contribution in [0.1, 0.15) is 30.2 Å². The van der Waals surface area contributed by atoms with Gasteiger partial charge in [-0.1, -0.05) is 12.1 Å². The number of nitrogens with zero attached hydrogens (tertiary/aromatic N) is 2. The summed E-state index contributed by atoms with van der Waals surface area (Å²) in [5.74, 6) is 0.0617. The van der Waals surface area contributed by atoms with Gasteiger partial charge >= 0.3 is 5.76 Å². The molecule has 0 radical (unpaired) electrons. The molecule has 1 aliphatic rings. The van der Waals surface area contributed by atoms with Crippen LogP contribution in [0.5, 0.6) is 0 Å². The van der Waals surface area contributed by atoms with E-state index in [9.17, 15) is 9.00 Å². The second kappa shape index (κ2) is 6.29. The van der Waals surface area contributed by atoms with E-state index in [1.807, 2.05) is 18.2 Å². The first-order valence-corrected chi connectivity index (χ1v) is 9.49. The van der Waals surface area contributed by atoms with Crippen molar-refractivity contribution in [3.63, 3.8) is 0 Å². The van der Waals surface area contributed by atoms with Crippen LogP contribution >= 0.6 is 0 Å². The molecule has 2 atom stereocenters. The topological polar surface area (TPSA) is 103 Å². The molecule has 0 bridgehead atoms. The summed E-state index contributed by atoms with van der Waals surface area (Å²) in [5.41, 5.74) is 1.04. The Kier molecular flexibility index (Phi) is 4.36. The molecule has 2 aromatic rings. The maximum atomic E-state index is 11.9. The van der Waals surface area contributed by atoms with Crippen LogP contribution in [0.3, 0.4) is 0 Å². The van der Waals surface area contributed by atoms with Crippen LogP contribution in [-0.4, -0.2) is 38.7 Å². The average Bonchev–Trinajstić information content (AvgIpc) is 2.94. The van der Waals surface area contributed by atoms with E-state index in [1.54, 1.807) is 6.07 Å². The van der Waals surface area contributed by atoms with Gasteiger partial charge in [-0.15, -0.1) is 5.10 Å². The fraction of sp³-hybridized carbons (Fsp3) is 0.467. The molecule has 2 N–H and O–H groups in total. The molecule has 3 rings (SSSR count). The van der Waals surface area contributed by atoms with Crippen molar-refractivity contribution in [1.29, 1.82) is 4.78 Å². The molecule has 7 nitrogen and oxygen atoms in total. The molecular formula is C15H20N4O3S. The van der Waals surface area contributed by atoms with Gasteiger partial charge in [0.15, 0.2) is 0 Å². The molecule has 2 heterocycles. The van der Waals surface area contributed by atoms with Crippen LogP contribution in [0.25, 0.3) is 0 Å². The summed E-state index contributed by atoms with van der Waals surface area (Å²) < 4.78 is 24.6. The highest BCUT2D eigenvalue weighted by atomic mass is 32.2. The summed E-state index contributed by atoms with van der Waals surface area (Å²) in [4.78, 5) is 13.9. The first-order chi connectivity index (χ1) is 10.9. The van der Waals surface area contributed by atoms with Gasteiger partial charge in [-0.2, -0.15) is 0 Å². The van der Waals surface area contributed by atoms with E-state index < -0.39 is 15.5 Å². The Labute approximate surface area is 134 Å². The van der Waals surface area contributed by atoms with Crippen LogP contribution in [0.4, 0.5) is 0 Å². The van der Waals surface area contributed by atoms with Crippen molar-refractivity contribution in [2.24, 2.45) is 0 Å². The molecule has 23 heavy (non-hydrogen) atoms. The lowest BCUT2D eigenvalue weighted by atomic mass is 9.97. The molecule has 0 spiro atoms. The monoisotopic (exact) mass is 336 g/mol. The lowest BCUT2D eigenvalue weighted by Crippen LogP contribution is -2.34. The molecule has 0 amide bonds. The fourth-order valence-electron chi connectivity index (χ4n) is 2.96. The number of rotatable bonds is 4. The minimum absolute atomic E-state index is 0.109. The molecule has 1 fully saturated rings. The Bertz CT molecular complexity index is 840. The molecule has 8 heteroatoms. The predicted octanol–water partition coefficient (Wildman–Crippen LogP) is 1.78. The SMILES string of the molecule is CS(=N)(=O)c1cccc(CN2CCCC(c3n[nH]c(=O)o3)C2)c1. The van der Waals surface area contributed by atoms with Crippen molar-refractivity contribution in [2.75, 3.05) is 19.3 Å². The number of aromatic amines is 1. The van der Waals surface area contributed by atoms with Crippen molar-refractivity contribution >= 4 is 9.73 Å². The highest BCUT2D eigenvalue weighted by molar-refractivity contribution is 7.91. The number of benzene rings is 1. The number of hydrogen-bond acceptors (Lipinski definition) is 6. The fourth-order valence-corrected chi connectivity index (χ4v) is 3.68. The quantitative estimate of drug-likeness (QED) is 0.886. The Morgan fingerprint density at radius 2 is 2.35 bits per heavy atom. The smallest absolute Gasteiger partial charge is 0.392 e. The van der Waals surface area contributed by atoms with E-state index in [2.05, 4.69) is 15.1 Å². The van der Waals surface area contributed by atoms with Gasteiger partial charge in [0.05, 0.1) is 15.6 Å². The number of nitrogens with one attached hydrogen (secondary N) is 2. The first kappa shape index (κ1) is 15.9. The maximum Gasteiger partial charge on any atom is 0.434 e. The molecule has 0 aliphatic carbocycles. The summed E-state index contributed by atoms with van der Waals surface area (Å²) in [7, 11) is -2.70. The van der Waals surface area contributed by atoms with Crippen molar-refractivity contribution < 1.29 is 8.63 Å². The number of hydrogen-bond donors (Lipinski definition) is 2. The molecule has 1 aromatic carbocycles. The standard InChI is InChI=1S/C15H20N4O3S/c1-23(16,21)13-6-2-4-11(8-13)9-19-7-3-5-12(10-19)14-17-18-15(20)22-14/h2,4,6,8,12,16H,3,5,7,9-10H2,1H3,(H,18,20). The number of H-pyrrole nitrogens is 1. The van der Waals surface area contributed by atoms with Gasteiger partial charge in [0.25, 0.3) is 0 Å². The summed E-state index contributed by atoms with van der Waals surface area (Å²) in [5, 5.41) is 6.24. The van der Waals surface area contributed by atoms with E-state index in [0.29, 0.717) is 17.3 Å². The Balaban J connectivity index is 1.72. The van der Waals surface area contributed by atoms with Gasteiger partial charge in [-0.3, -0.25) is 4.90 Å². The van der Waals surface area contributed by atoms with E-state index in [0.717, 1.165) is 31.5 Å². The molecule has 1 aromatic heterocycles. The third-order valence-corrected chi connectivity index (χ3v) is 5.22. The van der Waals surface area contributed by atoms with Crippen LogP contribution in [0.15, 0.2) is 38.4 Å². The van der Waals surface area contributed by atoms with E-state index >= 15 is 0 Å². The van der Waals surface area contributed by atoms with Crippen molar-refractivity contribution in [1.82, 2.24) is 15.1 Å². The van der Waals surface area contributed by atoms with Gasteiger partial charge in [0.2, 0.25) is 5.89 Å². The second-order valence-corrected chi connectivity index (χ2v) is 8.18. The van der Waals surface area contributed by atoms with E-state index in [-0.39, 0.29) is 5.92 Å². The third kappa shape index (κ3) is 3.89. The summed E-state index contributed by atoms with van der Waals surface area (Å²) >= 11 is 0. The van der Waals surface area contributed by atoms with Crippen LogP contribution in [-0.2, 0) is 16.3 Å². The Morgan fingerprint density at radius 1 is 1.52 bits per heavy atom. The van der Waals surface area contributed by atoms with Crippen LogP contribution < -0.4 is 5.76 Å². The molecule has 2 unspecified atom stereocenters. The highest BCUT2D eigenvalue weighted by Crippen LogP contribution is 2.26. The summed E-state index contributed by atoms with van der Waals surface area (Å²) in [6.07, 6.45) is 3.38. The molecule has 1 aliphatic heterocycles. The first-order valence-electron chi connectivity index (χ1n) is 7.52. The van der Waals surface area contributed by atoms with E-state index in [4.69, 9.17) is 9.20 Å². The lowest BCUT2D eigenvalue weighted by Gasteiger charge is -2.31. The van der Waals surface area contributed by atoms with E-state index in [1.165, 1.54) is 6.26 Å². The molecule has 1 saturated heterocycles. The summed E-state index contributed by atoms with van der Waals surface area (Å²) in [6, 6.07) is 7.40. The molecule has 0 saturated carbocycles. The zero-order valence-electron chi connectivity index (χ0n) is 12.9. The highest BCUT2D eigenvalue weighted by Gasteiger charge is 2.25. The minimum atomic E-state index is -2.70. The minimum Gasteiger partial charge on any atom is -0.392 e. The van der Waals surface area contributed by atoms with Gasteiger partial charge in [0.1, 0.15) is 0 Å². The van der Waals surface area contributed by atoms with Crippen molar-refractivity contribution in [3.8, 4) is 0 Å². The zero-order valence-corrected chi connectivity index (χ0v) is 13.8. The van der Waals surface area contributed by atoms with Gasteiger partial charge in [0, 0.05) is 24.2 Å². The number of likely N-dealkylation sites (tertiary alicyclic amines) is 1. The second-order valence-electron chi connectivity index (χ2n) is 6.02. The lowest BCUT2D eigenvalue weighted by molar-refractivity contribution is 0.185. The maximum absolute atomic E-state index is 11.9. The average molecular weight is 336 g/mol. The summed E-state index contributed by atoms with van der Waals surface area (Å²) in [6.45, 7) is 2.44. The Hall–Kier alpha value is -1.93. The van der Waals surface area contributed by atoms with Crippen LogP contribution in [0, 0.1) is 4.78 Å². The zero-order chi connectivity index (χ0) is 16.4. The Morgan fingerprint density at radius 3 is 3.04 bits per heavy atom. The normalized spacial score (nSPS) is 21.9. The van der Waals surface area contributed by atoms with Crippen molar-refractivity contribution in [3.05, 3.63) is 46.3 Å². The predicted molar refractivity (Wildman–Crippen MR) is 85.9 cm³/mol. The number of piperidine rings is 1. The third-order valence-electron chi connectivity index (χ3n) is 4.06. The van der Waals surface area contributed by atoms with Gasteiger partial charge in [-0.05, 0) is 37.1 Å². The van der Waals surface area contributed by atoms with Gasteiger partial charge in [-0.25, -0.2) is 18.9 Å². The molecular weight excluding hydrogens is 316 g/mol. The molecule has 124 valence electrons. The van der Waals surface area contributed by atoms with Crippen molar-refractivity contribution in [2.45, 2.75) is 30.2 Å². The largest absolute Gasteiger partial charge is 0.434 e. The van der Waals surface area contributed by atoms with Crippen LogP contribution in [0.2, 0.25) is 0 Å². The number of aromatic nitrogens is 2. The van der Waals surface area contributed by atoms with Gasteiger partial charge < -0.3 is 4.42 Å².